The molecule has 0 spiro atoms. The molecule has 0 aliphatic heterocycles. The predicted octanol–water partition coefficient (Wildman–Crippen LogP) is 0.792. The third-order valence-corrected chi connectivity index (χ3v) is 3.29. The van der Waals surface area contributed by atoms with Gasteiger partial charge in [-0.25, -0.2) is 9.55 Å². The summed E-state index contributed by atoms with van der Waals surface area (Å²) in [5, 5.41) is 16.8. The molecule has 0 aromatic carbocycles. The molecule has 0 bridgehead atoms. The first-order chi connectivity index (χ1) is 10.1. The fourth-order valence-electron chi connectivity index (χ4n) is 2.16. The van der Waals surface area contributed by atoms with Crippen molar-refractivity contribution >= 4 is 17.1 Å². The molecule has 7 nitrogen and oxygen atoms in total. The summed E-state index contributed by atoms with van der Waals surface area (Å²) < 4.78 is 3.66. The minimum Gasteiger partial charge on any atom is -0.481 e. The first-order valence-corrected chi connectivity index (χ1v) is 6.49. The van der Waals surface area contributed by atoms with E-state index in [0.717, 1.165) is 22.3 Å². The molecule has 3 aromatic heterocycles. The van der Waals surface area contributed by atoms with Gasteiger partial charge in [-0.05, 0) is 5.56 Å². The van der Waals surface area contributed by atoms with Gasteiger partial charge in [-0.1, -0.05) is 0 Å². The molecule has 21 heavy (non-hydrogen) atoms. The summed E-state index contributed by atoms with van der Waals surface area (Å²) in [4.78, 5) is 14.9. The van der Waals surface area contributed by atoms with Crippen LogP contribution in [0.25, 0.3) is 22.3 Å². The van der Waals surface area contributed by atoms with Gasteiger partial charge >= 0.3 is 5.97 Å². The normalized spacial score (nSPS) is 10.9. The molecule has 0 radical (unpaired) electrons. The SMILES string of the molecule is Cn1cnc2c(-c3cc[n+](CCC(=O)O)cc3)cnnc21. The lowest BCUT2D eigenvalue weighted by Gasteiger charge is -2.01. The van der Waals surface area contributed by atoms with E-state index >= 15 is 0 Å². The first-order valence-electron chi connectivity index (χ1n) is 6.49. The highest BCUT2D eigenvalue weighted by Crippen LogP contribution is 2.23. The van der Waals surface area contributed by atoms with Gasteiger partial charge in [0.2, 0.25) is 0 Å². The molecule has 106 valence electrons. The van der Waals surface area contributed by atoms with Gasteiger partial charge in [-0.2, -0.15) is 5.10 Å². The lowest BCUT2D eigenvalue weighted by Crippen LogP contribution is -2.33. The number of carboxylic acids is 1. The quantitative estimate of drug-likeness (QED) is 0.716. The van der Waals surface area contributed by atoms with E-state index in [-0.39, 0.29) is 6.42 Å². The third-order valence-electron chi connectivity index (χ3n) is 3.29. The van der Waals surface area contributed by atoms with Gasteiger partial charge in [0.1, 0.15) is 11.9 Å². The van der Waals surface area contributed by atoms with Crippen molar-refractivity contribution in [1.29, 1.82) is 0 Å². The summed E-state index contributed by atoms with van der Waals surface area (Å²) in [6.45, 7) is 0.448. The molecule has 3 aromatic rings. The van der Waals surface area contributed by atoms with E-state index in [1.54, 1.807) is 12.5 Å². The van der Waals surface area contributed by atoms with E-state index in [0.29, 0.717) is 6.54 Å². The molecule has 3 heterocycles. The fraction of sp³-hybridized carbons (Fsp3) is 0.214. The molecular formula is C14H14N5O2+. The lowest BCUT2D eigenvalue weighted by molar-refractivity contribution is -0.695. The standard InChI is InChI=1S/C14H13N5O2/c1-18-9-15-13-11(8-16-17-14(13)18)10-2-5-19(6-3-10)7-4-12(20)21/h2-3,5-6,8-9H,4,7H2,1H3/p+1. The maximum absolute atomic E-state index is 10.6. The van der Waals surface area contributed by atoms with Crippen molar-refractivity contribution < 1.29 is 14.5 Å². The molecule has 0 saturated heterocycles. The van der Waals surface area contributed by atoms with E-state index in [2.05, 4.69) is 15.2 Å². The summed E-state index contributed by atoms with van der Waals surface area (Å²) in [6, 6.07) is 3.85. The fourth-order valence-corrected chi connectivity index (χ4v) is 2.16. The summed E-state index contributed by atoms with van der Waals surface area (Å²) in [6.07, 6.45) is 7.21. The molecule has 0 aliphatic rings. The minimum absolute atomic E-state index is 0.102. The van der Waals surface area contributed by atoms with Crippen molar-refractivity contribution in [2.24, 2.45) is 7.05 Å². The maximum Gasteiger partial charge on any atom is 0.309 e. The number of aromatic nitrogens is 5. The van der Waals surface area contributed by atoms with Crippen LogP contribution in [0.4, 0.5) is 0 Å². The molecule has 0 atom stereocenters. The van der Waals surface area contributed by atoms with Crippen LogP contribution in [0.2, 0.25) is 0 Å². The molecule has 7 heteroatoms. The number of pyridine rings is 1. The Labute approximate surface area is 120 Å². The monoisotopic (exact) mass is 284 g/mol. The second-order valence-corrected chi connectivity index (χ2v) is 4.75. The average molecular weight is 284 g/mol. The number of rotatable bonds is 4. The Morgan fingerprint density at radius 3 is 2.86 bits per heavy atom. The van der Waals surface area contributed by atoms with Gasteiger partial charge in [-0.15, -0.1) is 5.10 Å². The van der Waals surface area contributed by atoms with Crippen molar-refractivity contribution in [3.05, 3.63) is 37.1 Å². The summed E-state index contributed by atoms with van der Waals surface area (Å²) in [7, 11) is 1.87. The van der Waals surface area contributed by atoms with E-state index in [1.807, 2.05) is 40.7 Å². The Morgan fingerprint density at radius 1 is 1.38 bits per heavy atom. The third kappa shape index (κ3) is 2.58. The Kier molecular flexibility index (Phi) is 3.31. The van der Waals surface area contributed by atoms with E-state index in [1.165, 1.54) is 0 Å². The van der Waals surface area contributed by atoms with Gasteiger partial charge in [0.05, 0.1) is 12.5 Å². The molecule has 1 N–H and O–H groups in total. The highest BCUT2D eigenvalue weighted by atomic mass is 16.4. The molecule has 0 saturated carbocycles. The van der Waals surface area contributed by atoms with E-state index < -0.39 is 5.97 Å². The van der Waals surface area contributed by atoms with Crippen molar-refractivity contribution in [3.63, 3.8) is 0 Å². The zero-order valence-corrected chi connectivity index (χ0v) is 11.5. The van der Waals surface area contributed by atoms with Crippen molar-refractivity contribution in [1.82, 2.24) is 19.7 Å². The van der Waals surface area contributed by atoms with Crippen LogP contribution < -0.4 is 4.57 Å². The number of carbonyl (C=O) groups is 1. The summed E-state index contributed by atoms with van der Waals surface area (Å²) in [5.74, 6) is -0.805. The van der Waals surface area contributed by atoms with E-state index in [9.17, 15) is 4.79 Å². The van der Waals surface area contributed by atoms with E-state index in [4.69, 9.17) is 5.11 Å². The van der Waals surface area contributed by atoms with Crippen LogP contribution in [0, 0.1) is 0 Å². The summed E-state index contributed by atoms with van der Waals surface area (Å²) in [5.41, 5.74) is 3.41. The largest absolute Gasteiger partial charge is 0.481 e. The Hall–Kier alpha value is -2.83. The maximum atomic E-state index is 10.6. The van der Waals surface area contributed by atoms with Gasteiger partial charge in [-0.3, -0.25) is 4.79 Å². The Balaban J connectivity index is 1.94. The van der Waals surface area contributed by atoms with Crippen LogP contribution in [-0.4, -0.2) is 30.8 Å². The molecule has 0 unspecified atom stereocenters. The zero-order valence-electron chi connectivity index (χ0n) is 11.5. The average Bonchev–Trinajstić information content (AvgIpc) is 2.87. The second kappa shape index (κ2) is 5.28. The number of hydrogen-bond acceptors (Lipinski definition) is 4. The van der Waals surface area contributed by atoms with Crippen LogP contribution in [0.1, 0.15) is 6.42 Å². The second-order valence-electron chi connectivity index (χ2n) is 4.75. The van der Waals surface area contributed by atoms with Crippen LogP contribution in [0.5, 0.6) is 0 Å². The lowest BCUT2D eigenvalue weighted by atomic mass is 10.1. The predicted molar refractivity (Wildman–Crippen MR) is 74.2 cm³/mol. The number of fused-ring (bicyclic) bond motifs is 1. The Morgan fingerprint density at radius 2 is 2.14 bits per heavy atom. The van der Waals surface area contributed by atoms with Crippen LogP contribution in [0.15, 0.2) is 37.1 Å². The Bertz CT molecular complexity index is 795. The molecule has 0 amide bonds. The van der Waals surface area contributed by atoms with Gasteiger partial charge in [0.25, 0.3) is 0 Å². The smallest absolute Gasteiger partial charge is 0.309 e. The number of hydrogen-bond donors (Lipinski definition) is 1. The van der Waals surface area contributed by atoms with Gasteiger partial charge in [0, 0.05) is 24.7 Å². The van der Waals surface area contributed by atoms with Crippen LogP contribution in [0.3, 0.4) is 0 Å². The number of aliphatic carboxylic acids is 1. The number of imidazole rings is 1. The molecule has 0 aliphatic carbocycles. The van der Waals surface area contributed by atoms with Gasteiger partial charge in [0.15, 0.2) is 24.6 Å². The number of aryl methyl sites for hydroxylation is 2. The molecular weight excluding hydrogens is 270 g/mol. The molecule has 0 fully saturated rings. The topological polar surface area (TPSA) is 84.8 Å². The highest BCUT2D eigenvalue weighted by Gasteiger charge is 2.11. The van der Waals surface area contributed by atoms with Crippen molar-refractivity contribution in [2.45, 2.75) is 13.0 Å². The first kappa shape index (κ1) is 13.2. The number of nitrogens with zero attached hydrogens (tertiary/aromatic N) is 5. The van der Waals surface area contributed by atoms with Crippen molar-refractivity contribution in [3.8, 4) is 11.1 Å². The van der Waals surface area contributed by atoms with Crippen LogP contribution in [-0.2, 0) is 18.4 Å². The van der Waals surface area contributed by atoms with Crippen LogP contribution >= 0.6 is 0 Å². The zero-order chi connectivity index (χ0) is 14.8. The highest BCUT2D eigenvalue weighted by molar-refractivity contribution is 5.88. The van der Waals surface area contributed by atoms with Gasteiger partial charge < -0.3 is 9.67 Å². The molecule has 3 rings (SSSR count). The summed E-state index contributed by atoms with van der Waals surface area (Å²) >= 11 is 0. The minimum atomic E-state index is -0.805. The van der Waals surface area contributed by atoms with Crippen molar-refractivity contribution in [2.75, 3.05) is 0 Å². The number of carboxylic acid groups (broad SMARTS) is 1.